The van der Waals surface area contributed by atoms with Crippen molar-refractivity contribution in [3.8, 4) is 5.69 Å². The Kier molecular flexibility index (Phi) is 3.96. The van der Waals surface area contributed by atoms with Crippen LogP contribution in [0.1, 0.15) is 16.1 Å². The molecule has 4 aromatic rings. The Hall–Kier alpha value is -3.13. The zero-order valence-corrected chi connectivity index (χ0v) is 14.3. The molecule has 0 bridgehead atoms. The molecule has 2 aromatic heterocycles. The minimum Gasteiger partial charge on any atom is -0.298 e. The summed E-state index contributed by atoms with van der Waals surface area (Å²) in [7, 11) is 0. The average molecular weight is 370 g/mol. The number of hydrogen-bond acceptors (Lipinski definition) is 4. The fourth-order valence-corrected chi connectivity index (χ4v) is 3.50. The molecule has 0 aliphatic rings. The molecule has 1 amide bonds. The van der Waals surface area contributed by atoms with Crippen LogP contribution in [0.3, 0.4) is 0 Å². The fourth-order valence-electron chi connectivity index (χ4n) is 2.64. The predicted molar refractivity (Wildman–Crippen MR) is 95.8 cm³/mol. The molecule has 0 unspecified atom stereocenters. The van der Waals surface area contributed by atoms with Crippen LogP contribution in [0.4, 0.5) is 13.9 Å². The third-order valence-electron chi connectivity index (χ3n) is 3.92. The minimum atomic E-state index is -0.755. The van der Waals surface area contributed by atoms with E-state index in [-0.39, 0.29) is 11.3 Å². The Morgan fingerprint density at radius 3 is 2.58 bits per heavy atom. The van der Waals surface area contributed by atoms with Gasteiger partial charge in [-0.25, -0.2) is 18.4 Å². The number of aromatic nitrogens is 3. The first-order valence-corrected chi connectivity index (χ1v) is 8.52. The number of nitrogens with zero attached hydrogens (tertiary/aromatic N) is 3. The molecular weight excluding hydrogens is 358 g/mol. The van der Waals surface area contributed by atoms with Gasteiger partial charge in [-0.05, 0) is 31.2 Å². The van der Waals surface area contributed by atoms with E-state index >= 15 is 0 Å². The van der Waals surface area contributed by atoms with Crippen LogP contribution < -0.4 is 5.32 Å². The van der Waals surface area contributed by atoms with Crippen LogP contribution in [0.5, 0.6) is 0 Å². The summed E-state index contributed by atoms with van der Waals surface area (Å²) >= 11 is 1.34. The summed E-state index contributed by atoms with van der Waals surface area (Å²) in [6.07, 6.45) is 1.28. The maximum Gasteiger partial charge on any atom is 0.260 e. The van der Waals surface area contributed by atoms with Gasteiger partial charge in [0.1, 0.15) is 5.69 Å². The normalized spacial score (nSPS) is 11.0. The molecular formula is C18H12F2N4OS. The number of fused-ring (bicyclic) bond motifs is 1. The quantitative estimate of drug-likeness (QED) is 0.584. The van der Waals surface area contributed by atoms with E-state index < -0.39 is 17.5 Å². The highest BCUT2D eigenvalue weighted by molar-refractivity contribution is 7.22. The molecule has 8 heteroatoms. The van der Waals surface area contributed by atoms with Crippen LogP contribution in [-0.2, 0) is 0 Å². The number of amides is 1. The highest BCUT2D eigenvalue weighted by atomic mass is 32.1. The van der Waals surface area contributed by atoms with E-state index in [0.717, 1.165) is 27.0 Å². The lowest BCUT2D eigenvalue weighted by atomic mass is 10.2. The summed E-state index contributed by atoms with van der Waals surface area (Å²) < 4.78 is 30.0. The molecule has 0 fully saturated rings. The number of nitrogens with one attached hydrogen (secondary N) is 1. The number of carbonyl (C=O) groups is 1. The first-order chi connectivity index (χ1) is 12.5. The molecule has 1 N–H and O–H groups in total. The number of para-hydroxylation sites is 2. The first kappa shape index (κ1) is 16.3. The van der Waals surface area contributed by atoms with Gasteiger partial charge < -0.3 is 0 Å². The van der Waals surface area contributed by atoms with Crippen LogP contribution in [-0.4, -0.2) is 20.7 Å². The standard InChI is InChI=1S/C18H12F2N4OS/c1-10-11(9-21-24(10)16-12(19)5-4-6-13(16)20)17(25)23-18-22-14-7-2-3-8-15(14)26-18/h2-9H,1H3,(H,22,23,25). The first-order valence-electron chi connectivity index (χ1n) is 7.70. The van der Waals surface area contributed by atoms with Gasteiger partial charge in [0.05, 0.1) is 27.7 Å². The van der Waals surface area contributed by atoms with Gasteiger partial charge in [-0.3, -0.25) is 10.1 Å². The van der Waals surface area contributed by atoms with Crippen molar-refractivity contribution in [3.05, 3.63) is 71.6 Å². The molecule has 0 radical (unpaired) electrons. The smallest absolute Gasteiger partial charge is 0.260 e. The van der Waals surface area contributed by atoms with Crippen molar-refractivity contribution in [1.29, 1.82) is 0 Å². The topological polar surface area (TPSA) is 59.8 Å². The van der Waals surface area contributed by atoms with Gasteiger partial charge in [-0.2, -0.15) is 5.10 Å². The number of thiazole rings is 1. The Morgan fingerprint density at radius 2 is 1.85 bits per heavy atom. The Morgan fingerprint density at radius 1 is 1.12 bits per heavy atom. The van der Waals surface area contributed by atoms with Crippen molar-refractivity contribution < 1.29 is 13.6 Å². The summed E-state index contributed by atoms with van der Waals surface area (Å²) in [6.45, 7) is 1.58. The highest BCUT2D eigenvalue weighted by Gasteiger charge is 2.20. The molecule has 0 saturated heterocycles. The molecule has 2 aromatic carbocycles. The lowest BCUT2D eigenvalue weighted by molar-refractivity contribution is 0.102. The third-order valence-corrected chi connectivity index (χ3v) is 4.87. The molecule has 5 nitrogen and oxygen atoms in total. The average Bonchev–Trinajstić information content (AvgIpc) is 3.18. The monoisotopic (exact) mass is 370 g/mol. The Bertz CT molecular complexity index is 1080. The van der Waals surface area contributed by atoms with E-state index in [0.29, 0.717) is 10.8 Å². The summed E-state index contributed by atoms with van der Waals surface area (Å²) in [6, 6.07) is 11.1. The van der Waals surface area contributed by atoms with E-state index in [9.17, 15) is 13.6 Å². The molecule has 0 aliphatic carbocycles. The summed E-state index contributed by atoms with van der Waals surface area (Å²) in [4.78, 5) is 16.9. The lowest BCUT2D eigenvalue weighted by Crippen LogP contribution is -2.13. The van der Waals surface area contributed by atoms with Crippen molar-refractivity contribution in [2.45, 2.75) is 6.92 Å². The molecule has 0 spiro atoms. The zero-order chi connectivity index (χ0) is 18.3. The number of anilines is 1. The van der Waals surface area contributed by atoms with E-state index in [4.69, 9.17) is 0 Å². The van der Waals surface area contributed by atoms with Crippen LogP contribution >= 0.6 is 11.3 Å². The zero-order valence-electron chi connectivity index (χ0n) is 13.5. The number of hydrogen-bond donors (Lipinski definition) is 1. The van der Waals surface area contributed by atoms with Crippen molar-refractivity contribution in [3.63, 3.8) is 0 Å². The Balaban J connectivity index is 1.66. The van der Waals surface area contributed by atoms with Crippen LogP contribution in [0, 0.1) is 18.6 Å². The van der Waals surface area contributed by atoms with Gasteiger partial charge in [-0.1, -0.05) is 29.5 Å². The van der Waals surface area contributed by atoms with Gasteiger partial charge in [0.15, 0.2) is 16.8 Å². The van der Waals surface area contributed by atoms with E-state index in [1.165, 1.54) is 23.6 Å². The van der Waals surface area contributed by atoms with Crippen molar-refractivity contribution in [2.24, 2.45) is 0 Å². The van der Waals surface area contributed by atoms with Crippen molar-refractivity contribution >= 4 is 32.6 Å². The summed E-state index contributed by atoms with van der Waals surface area (Å²) in [5.74, 6) is -1.95. The molecule has 2 heterocycles. The molecule has 0 atom stereocenters. The van der Waals surface area contributed by atoms with Gasteiger partial charge in [0, 0.05) is 0 Å². The number of carbonyl (C=O) groups excluding carboxylic acids is 1. The third kappa shape index (κ3) is 2.74. The second-order valence-electron chi connectivity index (χ2n) is 5.57. The van der Waals surface area contributed by atoms with Crippen LogP contribution in [0.15, 0.2) is 48.7 Å². The largest absolute Gasteiger partial charge is 0.298 e. The van der Waals surface area contributed by atoms with Gasteiger partial charge >= 0.3 is 0 Å². The van der Waals surface area contributed by atoms with Gasteiger partial charge in [-0.15, -0.1) is 0 Å². The van der Waals surface area contributed by atoms with E-state index in [1.54, 1.807) is 6.92 Å². The van der Waals surface area contributed by atoms with Crippen LogP contribution in [0.2, 0.25) is 0 Å². The summed E-state index contributed by atoms with van der Waals surface area (Å²) in [5, 5.41) is 7.13. The van der Waals surface area contributed by atoms with Gasteiger partial charge in [0.2, 0.25) is 0 Å². The maximum atomic E-state index is 14.0. The molecule has 0 saturated carbocycles. The van der Waals surface area contributed by atoms with Crippen LogP contribution in [0.25, 0.3) is 15.9 Å². The number of benzene rings is 2. The van der Waals surface area contributed by atoms with Crippen molar-refractivity contribution in [2.75, 3.05) is 5.32 Å². The SMILES string of the molecule is Cc1c(C(=O)Nc2nc3ccccc3s2)cnn1-c1c(F)cccc1F. The summed E-state index contributed by atoms with van der Waals surface area (Å²) in [5.41, 5.74) is 1.01. The molecule has 130 valence electrons. The molecule has 4 rings (SSSR count). The highest BCUT2D eigenvalue weighted by Crippen LogP contribution is 2.26. The van der Waals surface area contributed by atoms with E-state index in [2.05, 4.69) is 15.4 Å². The second kappa shape index (κ2) is 6.30. The minimum absolute atomic E-state index is 0.215. The predicted octanol–water partition coefficient (Wildman–Crippen LogP) is 4.32. The number of rotatable bonds is 3. The second-order valence-corrected chi connectivity index (χ2v) is 6.60. The lowest BCUT2D eigenvalue weighted by Gasteiger charge is -2.07. The molecule has 0 aliphatic heterocycles. The van der Waals surface area contributed by atoms with E-state index in [1.807, 2.05) is 24.3 Å². The Labute approximate surface area is 150 Å². The molecule has 26 heavy (non-hydrogen) atoms. The van der Waals surface area contributed by atoms with Gasteiger partial charge in [0.25, 0.3) is 5.91 Å². The fraction of sp³-hybridized carbons (Fsp3) is 0.0556. The number of halogens is 2. The maximum absolute atomic E-state index is 14.0. The van der Waals surface area contributed by atoms with Crippen molar-refractivity contribution in [1.82, 2.24) is 14.8 Å².